The third kappa shape index (κ3) is 8.67. The van der Waals surface area contributed by atoms with Gasteiger partial charge in [-0.2, -0.15) is 0 Å². The molecule has 0 aromatic heterocycles. The van der Waals surface area contributed by atoms with Gasteiger partial charge in [-0.1, -0.05) is 61.0 Å². The second-order valence-corrected chi connectivity index (χ2v) is 8.96. The third-order valence-corrected chi connectivity index (χ3v) is 5.90. The van der Waals surface area contributed by atoms with E-state index in [1.54, 1.807) is 36.4 Å². The Morgan fingerprint density at radius 1 is 1.00 bits per heavy atom. The highest BCUT2D eigenvalue weighted by Crippen LogP contribution is 2.35. The van der Waals surface area contributed by atoms with Gasteiger partial charge in [-0.25, -0.2) is 4.79 Å². The molecule has 0 unspecified atom stereocenters. The number of aliphatic hydroxyl groups is 1. The van der Waals surface area contributed by atoms with Gasteiger partial charge in [0.2, 0.25) is 5.91 Å². The number of hydrogen-bond donors (Lipinski definition) is 4. The Hall–Kier alpha value is -4.30. The summed E-state index contributed by atoms with van der Waals surface area (Å²) in [4.78, 5) is 25.1. The fourth-order valence-electron chi connectivity index (χ4n) is 3.87. The monoisotopic (exact) mass is 517 g/mol. The van der Waals surface area contributed by atoms with Crippen molar-refractivity contribution in [1.82, 2.24) is 0 Å². The van der Waals surface area contributed by atoms with Crippen LogP contribution in [0.5, 0.6) is 5.75 Å². The van der Waals surface area contributed by atoms with E-state index in [1.165, 1.54) is 6.08 Å². The molecular weight excluding hydrogens is 482 g/mol. The van der Waals surface area contributed by atoms with Crippen LogP contribution >= 0.6 is 0 Å². The largest absolute Gasteiger partial charge is 0.491 e. The van der Waals surface area contributed by atoms with Gasteiger partial charge < -0.3 is 25.6 Å². The minimum atomic E-state index is -0.623. The van der Waals surface area contributed by atoms with E-state index in [0.29, 0.717) is 41.2 Å². The second kappa shape index (κ2) is 14.4. The van der Waals surface area contributed by atoms with Gasteiger partial charge >= 0.3 is 6.09 Å². The van der Waals surface area contributed by atoms with Crippen molar-refractivity contribution in [3.63, 3.8) is 0 Å². The number of nitrogens with one attached hydrogen (secondary N) is 2. The molecule has 0 aliphatic carbocycles. The molecule has 8 heteroatoms. The van der Waals surface area contributed by atoms with Crippen molar-refractivity contribution in [3.05, 3.63) is 96.1 Å². The topological polar surface area (TPSA) is 123 Å². The number of aliphatic hydroxyl groups excluding tert-OH is 1. The first kappa shape index (κ1) is 28.3. The third-order valence-electron chi connectivity index (χ3n) is 5.90. The zero-order valence-electron chi connectivity index (χ0n) is 21.7. The van der Waals surface area contributed by atoms with Crippen molar-refractivity contribution in [1.29, 1.82) is 0 Å². The fourth-order valence-corrected chi connectivity index (χ4v) is 3.87. The molecule has 3 rings (SSSR count). The average Bonchev–Trinajstić information content (AvgIpc) is 2.91. The molecule has 0 radical (unpaired) electrons. The quantitative estimate of drug-likeness (QED) is 0.177. The van der Waals surface area contributed by atoms with Crippen LogP contribution in [0.25, 0.3) is 0 Å². The van der Waals surface area contributed by atoms with Crippen LogP contribution in [0.4, 0.5) is 21.9 Å². The highest BCUT2D eigenvalue weighted by Gasteiger charge is 2.26. The maximum Gasteiger partial charge on any atom is 0.412 e. The van der Waals surface area contributed by atoms with Crippen molar-refractivity contribution in [2.75, 3.05) is 29.6 Å². The maximum absolute atomic E-state index is 12.8. The number of anilines is 3. The van der Waals surface area contributed by atoms with Crippen molar-refractivity contribution >= 4 is 29.1 Å². The molecule has 2 amide bonds. The molecule has 0 heterocycles. The van der Waals surface area contributed by atoms with Crippen molar-refractivity contribution in [3.8, 4) is 5.75 Å². The molecule has 0 saturated carbocycles. The lowest BCUT2D eigenvalue weighted by Crippen LogP contribution is -2.22. The first-order valence-electron chi connectivity index (χ1n) is 12.6. The van der Waals surface area contributed by atoms with Gasteiger partial charge in [-0.05, 0) is 62.1 Å². The highest BCUT2D eigenvalue weighted by molar-refractivity contribution is 6.01. The number of benzene rings is 3. The SMILES string of the molecule is Cc1ccc(NC(=O)O[C@H](c2ccccc2OCCO)[C@H](C)CC/C=C/C(=O)Nc2ccccc2N)cc1. The van der Waals surface area contributed by atoms with Crippen LogP contribution in [0, 0.1) is 12.8 Å². The van der Waals surface area contributed by atoms with E-state index in [-0.39, 0.29) is 25.0 Å². The van der Waals surface area contributed by atoms with E-state index in [0.717, 1.165) is 5.56 Å². The van der Waals surface area contributed by atoms with Crippen LogP contribution in [-0.2, 0) is 9.53 Å². The summed E-state index contributed by atoms with van der Waals surface area (Å²) in [6.45, 7) is 3.94. The van der Waals surface area contributed by atoms with Gasteiger partial charge in [0.1, 0.15) is 18.5 Å². The summed E-state index contributed by atoms with van der Waals surface area (Å²) < 4.78 is 11.6. The number of rotatable bonds is 12. The first-order chi connectivity index (χ1) is 18.4. The molecule has 0 aliphatic rings. The number of ether oxygens (including phenoxy) is 2. The van der Waals surface area contributed by atoms with E-state index < -0.39 is 12.2 Å². The Balaban J connectivity index is 1.68. The molecule has 200 valence electrons. The van der Waals surface area contributed by atoms with E-state index >= 15 is 0 Å². The lowest BCUT2D eigenvalue weighted by molar-refractivity contribution is -0.111. The summed E-state index contributed by atoms with van der Waals surface area (Å²) in [7, 11) is 0. The van der Waals surface area contributed by atoms with Gasteiger partial charge in [0.15, 0.2) is 0 Å². The molecular formula is C30H35N3O5. The van der Waals surface area contributed by atoms with Gasteiger partial charge in [-0.3, -0.25) is 10.1 Å². The van der Waals surface area contributed by atoms with Crippen LogP contribution < -0.4 is 21.1 Å². The van der Waals surface area contributed by atoms with Crippen molar-refractivity contribution in [2.45, 2.75) is 32.8 Å². The molecule has 5 N–H and O–H groups in total. The molecule has 0 bridgehead atoms. The molecule has 0 saturated heterocycles. The summed E-state index contributed by atoms with van der Waals surface area (Å²) in [6.07, 6.45) is 3.26. The smallest absolute Gasteiger partial charge is 0.412 e. The number of para-hydroxylation sites is 3. The van der Waals surface area contributed by atoms with Gasteiger partial charge in [0.05, 0.1) is 18.0 Å². The summed E-state index contributed by atoms with van der Waals surface area (Å²) in [6, 6.07) is 21.8. The zero-order chi connectivity index (χ0) is 27.3. The van der Waals surface area contributed by atoms with Crippen LogP contribution in [-0.4, -0.2) is 30.3 Å². The lowest BCUT2D eigenvalue weighted by Gasteiger charge is -2.26. The minimum Gasteiger partial charge on any atom is -0.491 e. The van der Waals surface area contributed by atoms with Crippen LogP contribution in [0.1, 0.15) is 37.0 Å². The number of hydrogen-bond acceptors (Lipinski definition) is 6. The number of nitrogens with two attached hydrogens (primary N) is 1. The van der Waals surface area contributed by atoms with E-state index in [2.05, 4.69) is 10.6 Å². The van der Waals surface area contributed by atoms with Crippen molar-refractivity contribution in [2.24, 2.45) is 5.92 Å². The minimum absolute atomic E-state index is 0.116. The summed E-state index contributed by atoms with van der Waals surface area (Å²) >= 11 is 0. The number of carbonyl (C=O) groups excluding carboxylic acids is 2. The average molecular weight is 518 g/mol. The molecule has 0 fully saturated rings. The standard InChI is InChI=1S/C30H35N3O5/c1-21-15-17-23(18-16-21)32-30(36)38-29(24-10-4-7-13-27(24)37-20-19-34)22(2)9-3-8-14-28(35)33-26-12-6-5-11-25(26)31/h4-8,10-18,22,29,34H,3,9,19-20,31H2,1-2H3,(H,32,36)(H,33,35)/b14-8+/t22-,29+/m1/s1. The van der Waals surface area contributed by atoms with Crippen LogP contribution in [0.2, 0.25) is 0 Å². The fraction of sp³-hybridized carbons (Fsp3) is 0.267. The number of carbonyl (C=O) groups is 2. The second-order valence-electron chi connectivity index (χ2n) is 8.96. The van der Waals surface area contributed by atoms with E-state index in [4.69, 9.17) is 15.2 Å². The molecule has 0 aliphatic heterocycles. The Morgan fingerprint density at radius 3 is 2.45 bits per heavy atom. The molecule has 3 aromatic rings. The number of amides is 2. The molecule has 0 spiro atoms. The van der Waals surface area contributed by atoms with Gasteiger partial charge in [0.25, 0.3) is 0 Å². The zero-order valence-corrected chi connectivity index (χ0v) is 21.7. The Kier molecular flexibility index (Phi) is 10.7. The number of allylic oxidation sites excluding steroid dienone is 1. The number of nitrogen functional groups attached to an aromatic ring is 1. The van der Waals surface area contributed by atoms with E-state index in [1.807, 2.05) is 56.3 Å². The van der Waals surface area contributed by atoms with Gasteiger partial charge in [-0.15, -0.1) is 0 Å². The van der Waals surface area contributed by atoms with Crippen molar-refractivity contribution < 1.29 is 24.2 Å². The molecule has 38 heavy (non-hydrogen) atoms. The summed E-state index contributed by atoms with van der Waals surface area (Å²) in [5, 5.41) is 14.8. The Labute approximate surface area is 223 Å². The highest BCUT2D eigenvalue weighted by atomic mass is 16.6. The Morgan fingerprint density at radius 2 is 1.71 bits per heavy atom. The molecule has 8 nitrogen and oxygen atoms in total. The van der Waals surface area contributed by atoms with Crippen LogP contribution in [0.15, 0.2) is 84.9 Å². The molecule has 3 aromatic carbocycles. The van der Waals surface area contributed by atoms with E-state index in [9.17, 15) is 14.7 Å². The van der Waals surface area contributed by atoms with Crippen LogP contribution in [0.3, 0.4) is 0 Å². The summed E-state index contributed by atoms with van der Waals surface area (Å²) in [5.74, 6) is 0.149. The molecule has 2 atom stereocenters. The first-order valence-corrected chi connectivity index (χ1v) is 12.6. The van der Waals surface area contributed by atoms with Gasteiger partial charge in [0, 0.05) is 11.3 Å². The Bertz CT molecular complexity index is 1230. The maximum atomic E-state index is 12.8. The normalized spacial score (nSPS) is 12.5. The predicted octanol–water partition coefficient (Wildman–Crippen LogP) is 5.85. The summed E-state index contributed by atoms with van der Waals surface area (Å²) in [5.41, 5.74) is 9.35. The number of aryl methyl sites for hydroxylation is 1. The predicted molar refractivity (Wildman–Crippen MR) is 150 cm³/mol. The lowest BCUT2D eigenvalue weighted by atomic mass is 9.92.